The standard InChI is InChI=1S/C18H26N4O3S.HI/c1-3-19-18(20-10-14-22-12-4-5-13-22)21-11-15-25-16-6-8-17(9-7-16)26(2,23)24;/h4-9,12-13H,3,10-11,14-15H2,1-2H3,(H2,19,20,21);1H. The smallest absolute Gasteiger partial charge is 0.191 e. The van der Waals surface area contributed by atoms with Crippen molar-refractivity contribution >= 4 is 39.8 Å². The van der Waals surface area contributed by atoms with E-state index in [2.05, 4.69) is 20.2 Å². The summed E-state index contributed by atoms with van der Waals surface area (Å²) in [6.07, 6.45) is 5.21. The number of nitrogens with one attached hydrogen (secondary N) is 2. The van der Waals surface area contributed by atoms with Gasteiger partial charge in [0.2, 0.25) is 0 Å². The fourth-order valence-corrected chi connectivity index (χ4v) is 2.89. The molecule has 27 heavy (non-hydrogen) atoms. The lowest BCUT2D eigenvalue weighted by atomic mass is 10.3. The number of hydrogen-bond donors (Lipinski definition) is 2. The maximum absolute atomic E-state index is 11.4. The van der Waals surface area contributed by atoms with E-state index in [1.807, 2.05) is 31.5 Å². The van der Waals surface area contributed by atoms with Gasteiger partial charge in [-0.25, -0.2) is 8.42 Å². The molecule has 0 unspecified atom stereocenters. The van der Waals surface area contributed by atoms with Crippen LogP contribution in [0.25, 0.3) is 0 Å². The van der Waals surface area contributed by atoms with Crippen molar-refractivity contribution in [3.05, 3.63) is 48.8 Å². The first-order valence-corrected chi connectivity index (χ1v) is 10.4. The van der Waals surface area contributed by atoms with Crippen molar-refractivity contribution in [1.29, 1.82) is 0 Å². The first kappa shape index (κ1) is 23.3. The molecular formula is C18H27IN4O3S. The summed E-state index contributed by atoms with van der Waals surface area (Å²) in [5.41, 5.74) is 0. The molecule has 150 valence electrons. The molecule has 0 bridgehead atoms. The topological polar surface area (TPSA) is 84.7 Å². The number of sulfone groups is 1. The third kappa shape index (κ3) is 8.65. The highest BCUT2D eigenvalue weighted by Crippen LogP contribution is 2.15. The summed E-state index contributed by atoms with van der Waals surface area (Å²) in [5.74, 6) is 1.38. The maximum Gasteiger partial charge on any atom is 0.191 e. The molecule has 2 aromatic rings. The van der Waals surface area contributed by atoms with Crippen molar-refractivity contribution < 1.29 is 13.2 Å². The van der Waals surface area contributed by atoms with Gasteiger partial charge in [0, 0.05) is 31.7 Å². The van der Waals surface area contributed by atoms with Gasteiger partial charge in [0.25, 0.3) is 0 Å². The third-order valence-corrected chi connectivity index (χ3v) is 4.68. The Morgan fingerprint density at radius 1 is 1.15 bits per heavy atom. The first-order chi connectivity index (χ1) is 12.5. The summed E-state index contributed by atoms with van der Waals surface area (Å²) >= 11 is 0. The fourth-order valence-electron chi connectivity index (χ4n) is 2.26. The summed E-state index contributed by atoms with van der Waals surface area (Å²) in [5, 5.41) is 6.41. The molecule has 1 heterocycles. The van der Waals surface area contributed by atoms with Gasteiger partial charge in [-0.1, -0.05) is 0 Å². The van der Waals surface area contributed by atoms with Crippen molar-refractivity contribution in [2.45, 2.75) is 18.4 Å². The number of hydrogen-bond acceptors (Lipinski definition) is 4. The molecule has 1 aromatic carbocycles. The highest BCUT2D eigenvalue weighted by Gasteiger charge is 2.06. The van der Waals surface area contributed by atoms with E-state index in [9.17, 15) is 8.42 Å². The molecule has 9 heteroatoms. The lowest BCUT2D eigenvalue weighted by Crippen LogP contribution is -2.39. The minimum absolute atomic E-state index is 0. The summed E-state index contributed by atoms with van der Waals surface area (Å²) < 4.78 is 30.6. The van der Waals surface area contributed by atoms with Gasteiger partial charge < -0.3 is 19.9 Å². The minimum Gasteiger partial charge on any atom is -0.492 e. The van der Waals surface area contributed by atoms with Crippen molar-refractivity contribution in [2.75, 3.05) is 32.5 Å². The van der Waals surface area contributed by atoms with Crippen LogP contribution >= 0.6 is 24.0 Å². The van der Waals surface area contributed by atoms with Crippen LogP contribution in [0.5, 0.6) is 5.75 Å². The largest absolute Gasteiger partial charge is 0.492 e. The maximum atomic E-state index is 11.4. The molecule has 0 saturated carbocycles. The number of guanidine groups is 1. The second-order valence-electron chi connectivity index (χ2n) is 5.70. The van der Waals surface area contributed by atoms with Crippen LogP contribution in [0.1, 0.15) is 6.92 Å². The predicted molar refractivity (Wildman–Crippen MR) is 119 cm³/mol. The lowest BCUT2D eigenvalue weighted by molar-refractivity contribution is 0.321. The molecule has 0 radical (unpaired) electrons. The zero-order valence-corrected chi connectivity index (χ0v) is 18.7. The Balaban J connectivity index is 0.00000364. The average Bonchev–Trinajstić information content (AvgIpc) is 3.11. The molecule has 2 N–H and O–H groups in total. The Labute approximate surface area is 178 Å². The molecular weight excluding hydrogens is 479 g/mol. The molecule has 7 nitrogen and oxygen atoms in total. The molecule has 0 aliphatic carbocycles. The average molecular weight is 506 g/mol. The van der Waals surface area contributed by atoms with E-state index in [-0.39, 0.29) is 28.9 Å². The minimum atomic E-state index is -3.18. The Hall–Kier alpha value is -1.75. The van der Waals surface area contributed by atoms with Crippen LogP contribution in [-0.4, -0.2) is 51.4 Å². The molecule has 1 aromatic heterocycles. The second kappa shape index (κ2) is 11.9. The van der Waals surface area contributed by atoms with Crippen molar-refractivity contribution in [1.82, 2.24) is 15.2 Å². The van der Waals surface area contributed by atoms with E-state index in [0.29, 0.717) is 25.4 Å². The summed E-state index contributed by atoms with van der Waals surface area (Å²) in [4.78, 5) is 4.81. The predicted octanol–water partition coefficient (Wildman–Crippen LogP) is 2.14. The summed E-state index contributed by atoms with van der Waals surface area (Å²) in [6, 6.07) is 10.4. The Morgan fingerprint density at radius 2 is 1.81 bits per heavy atom. The van der Waals surface area contributed by atoms with Crippen LogP contribution in [0.4, 0.5) is 0 Å². The monoisotopic (exact) mass is 506 g/mol. The van der Waals surface area contributed by atoms with Crippen LogP contribution in [0, 0.1) is 0 Å². The molecule has 0 aliphatic heterocycles. The number of benzene rings is 1. The molecule has 0 saturated heterocycles. The van der Waals surface area contributed by atoms with E-state index in [0.717, 1.165) is 19.0 Å². The van der Waals surface area contributed by atoms with Gasteiger partial charge in [-0.3, -0.25) is 4.99 Å². The zero-order valence-electron chi connectivity index (χ0n) is 15.6. The Morgan fingerprint density at radius 3 is 2.41 bits per heavy atom. The van der Waals surface area contributed by atoms with E-state index in [1.165, 1.54) is 6.26 Å². The van der Waals surface area contributed by atoms with E-state index >= 15 is 0 Å². The van der Waals surface area contributed by atoms with E-state index in [1.54, 1.807) is 24.3 Å². The summed E-state index contributed by atoms with van der Waals surface area (Å²) in [7, 11) is -3.18. The number of ether oxygens (including phenoxy) is 1. The Bertz CT molecular complexity index is 791. The van der Waals surface area contributed by atoms with Crippen molar-refractivity contribution in [3.8, 4) is 5.75 Å². The van der Waals surface area contributed by atoms with Gasteiger partial charge in [-0.2, -0.15) is 0 Å². The number of halogens is 1. The molecule has 0 aliphatic rings. The SMILES string of the molecule is CCNC(=NCCn1cccc1)NCCOc1ccc(S(C)(=O)=O)cc1.I. The highest BCUT2D eigenvalue weighted by atomic mass is 127. The number of aliphatic imine (C=N–C) groups is 1. The molecule has 0 fully saturated rings. The molecule has 0 spiro atoms. The van der Waals surface area contributed by atoms with Crippen LogP contribution in [-0.2, 0) is 16.4 Å². The number of rotatable bonds is 9. The van der Waals surface area contributed by atoms with Crippen molar-refractivity contribution in [3.63, 3.8) is 0 Å². The molecule has 2 rings (SSSR count). The highest BCUT2D eigenvalue weighted by molar-refractivity contribution is 14.0. The summed E-state index contributed by atoms with van der Waals surface area (Å²) in [6.45, 7) is 5.33. The number of aromatic nitrogens is 1. The van der Waals surface area contributed by atoms with Crippen LogP contribution in [0.3, 0.4) is 0 Å². The molecule has 0 atom stereocenters. The normalized spacial score (nSPS) is 11.6. The van der Waals surface area contributed by atoms with Crippen LogP contribution in [0.2, 0.25) is 0 Å². The fraction of sp³-hybridized carbons (Fsp3) is 0.389. The van der Waals surface area contributed by atoms with Gasteiger partial charge in [-0.15, -0.1) is 24.0 Å². The molecule has 0 amide bonds. The third-order valence-electron chi connectivity index (χ3n) is 3.55. The van der Waals surface area contributed by atoms with Gasteiger partial charge in [-0.05, 0) is 43.3 Å². The lowest BCUT2D eigenvalue weighted by Gasteiger charge is -2.12. The van der Waals surface area contributed by atoms with E-state index < -0.39 is 9.84 Å². The van der Waals surface area contributed by atoms with Crippen LogP contribution in [0.15, 0.2) is 58.7 Å². The van der Waals surface area contributed by atoms with Gasteiger partial charge >= 0.3 is 0 Å². The van der Waals surface area contributed by atoms with E-state index in [4.69, 9.17) is 4.74 Å². The zero-order chi connectivity index (χ0) is 18.8. The first-order valence-electron chi connectivity index (χ1n) is 8.55. The second-order valence-corrected chi connectivity index (χ2v) is 7.72. The Kier molecular flexibility index (Phi) is 10.2. The van der Waals surface area contributed by atoms with Crippen LogP contribution < -0.4 is 15.4 Å². The quantitative estimate of drug-likeness (QED) is 0.236. The van der Waals surface area contributed by atoms with Gasteiger partial charge in [0.1, 0.15) is 12.4 Å². The van der Waals surface area contributed by atoms with Gasteiger partial charge in [0.15, 0.2) is 15.8 Å². The van der Waals surface area contributed by atoms with Crippen molar-refractivity contribution in [2.24, 2.45) is 4.99 Å². The van der Waals surface area contributed by atoms with Gasteiger partial charge in [0.05, 0.1) is 18.0 Å². The number of nitrogens with zero attached hydrogens (tertiary/aromatic N) is 2.